The summed E-state index contributed by atoms with van der Waals surface area (Å²) in [5.74, 6) is -1.07. The molecule has 0 N–H and O–H groups in total. The lowest BCUT2D eigenvalue weighted by atomic mass is 10.1. The second-order valence-electron chi connectivity index (χ2n) is 5.29. The Morgan fingerprint density at radius 2 is 1.95 bits per heavy atom. The van der Waals surface area contributed by atoms with Crippen LogP contribution in [0.1, 0.15) is 6.42 Å². The number of nitrogens with zero attached hydrogens (tertiary/aromatic N) is 2. The van der Waals surface area contributed by atoms with Gasteiger partial charge in [0.2, 0.25) is 11.8 Å². The van der Waals surface area contributed by atoms with Crippen LogP contribution < -0.4 is 4.90 Å². The summed E-state index contributed by atoms with van der Waals surface area (Å²) >= 11 is 0. The Morgan fingerprint density at radius 1 is 1.24 bits per heavy atom. The largest absolute Gasteiger partial charge is 0.378 e. The van der Waals surface area contributed by atoms with Gasteiger partial charge in [0.05, 0.1) is 24.8 Å². The molecule has 1 aromatic rings. The Balaban J connectivity index is 1.72. The van der Waals surface area contributed by atoms with Crippen molar-refractivity contribution in [2.45, 2.75) is 6.42 Å². The molecule has 0 unspecified atom stereocenters. The number of hydrogen-bond acceptors (Lipinski definition) is 3. The Labute approximate surface area is 122 Å². The molecule has 2 amide bonds. The molecule has 1 atom stereocenters. The summed E-state index contributed by atoms with van der Waals surface area (Å²) in [5, 5.41) is 0. The highest BCUT2D eigenvalue weighted by molar-refractivity contribution is 6.00. The molecule has 5 nitrogen and oxygen atoms in total. The minimum atomic E-state index is -0.440. The molecule has 3 rings (SSSR count). The van der Waals surface area contributed by atoms with Crippen molar-refractivity contribution in [2.24, 2.45) is 5.92 Å². The number of benzene rings is 1. The molecule has 0 bridgehead atoms. The third-order valence-electron chi connectivity index (χ3n) is 3.94. The maximum atomic E-state index is 13.8. The van der Waals surface area contributed by atoms with E-state index in [0.717, 1.165) is 0 Å². The second-order valence-corrected chi connectivity index (χ2v) is 5.29. The van der Waals surface area contributed by atoms with E-state index >= 15 is 0 Å². The van der Waals surface area contributed by atoms with E-state index in [4.69, 9.17) is 4.74 Å². The first-order chi connectivity index (χ1) is 10.2. The molecule has 2 heterocycles. The minimum Gasteiger partial charge on any atom is -0.378 e. The lowest BCUT2D eigenvalue weighted by molar-refractivity contribution is -0.139. The fourth-order valence-electron chi connectivity index (χ4n) is 2.82. The van der Waals surface area contributed by atoms with Gasteiger partial charge in [0.1, 0.15) is 5.82 Å². The van der Waals surface area contributed by atoms with E-state index < -0.39 is 11.7 Å². The van der Waals surface area contributed by atoms with Gasteiger partial charge >= 0.3 is 0 Å². The average Bonchev–Trinajstić information content (AvgIpc) is 2.90. The van der Waals surface area contributed by atoms with Crippen LogP contribution in [0, 0.1) is 11.7 Å². The Kier molecular flexibility index (Phi) is 3.88. The first-order valence-corrected chi connectivity index (χ1v) is 7.08. The van der Waals surface area contributed by atoms with Gasteiger partial charge in [0.25, 0.3) is 0 Å². The number of carbonyl (C=O) groups is 2. The molecule has 0 spiro atoms. The van der Waals surface area contributed by atoms with Crippen LogP contribution in [-0.2, 0) is 14.3 Å². The number of hydrogen-bond donors (Lipinski definition) is 0. The molecule has 21 heavy (non-hydrogen) atoms. The summed E-state index contributed by atoms with van der Waals surface area (Å²) in [7, 11) is 0. The molecule has 0 saturated carbocycles. The van der Waals surface area contributed by atoms with Gasteiger partial charge in [-0.05, 0) is 12.1 Å². The third-order valence-corrected chi connectivity index (χ3v) is 3.94. The highest BCUT2D eigenvalue weighted by atomic mass is 19.1. The van der Waals surface area contributed by atoms with Crippen LogP contribution >= 0.6 is 0 Å². The molecule has 2 aliphatic heterocycles. The van der Waals surface area contributed by atoms with E-state index in [2.05, 4.69) is 0 Å². The van der Waals surface area contributed by atoms with E-state index in [9.17, 15) is 14.0 Å². The van der Waals surface area contributed by atoms with Crippen LogP contribution in [0.5, 0.6) is 0 Å². The molecule has 112 valence electrons. The van der Waals surface area contributed by atoms with Crippen LogP contribution in [0.3, 0.4) is 0 Å². The lowest BCUT2D eigenvalue weighted by Crippen LogP contribution is -2.44. The average molecular weight is 292 g/mol. The fourth-order valence-corrected chi connectivity index (χ4v) is 2.82. The molecule has 2 saturated heterocycles. The molecule has 2 aliphatic rings. The topological polar surface area (TPSA) is 49.9 Å². The van der Waals surface area contributed by atoms with Crippen molar-refractivity contribution < 1.29 is 18.7 Å². The van der Waals surface area contributed by atoms with Crippen LogP contribution in [0.2, 0.25) is 0 Å². The Hall–Kier alpha value is -1.95. The van der Waals surface area contributed by atoms with Gasteiger partial charge in [-0.3, -0.25) is 9.59 Å². The van der Waals surface area contributed by atoms with E-state index in [1.165, 1.54) is 11.0 Å². The maximum absolute atomic E-state index is 13.8. The predicted octanol–water partition coefficient (Wildman–Crippen LogP) is 1.04. The minimum absolute atomic E-state index is 0.0366. The zero-order valence-electron chi connectivity index (χ0n) is 11.6. The second kappa shape index (κ2) is 5.81. The van der Waals surface area contributed by atoms with E-state index in [1.807, 2.05) is 0 Å². The molecular weight excluding hydrogens is 275 g/mol. The van der Waals surface area contributed by atoms with E-state index in [1.54, 1.807) is 23.1 Å². The van der Waals surface area contributed by atoms with Crippen LogP contribution in [0.4, 0.5) is 10.1 Å². The third kappa shape index (κ3) is 2.76. The first kappa shape index (κ1) is 14.0. The van der Waals surface area contributed by atoms with E-state index in [-0.39, 0.29) is 30.5 Å². The number of halogens is 1. The van der Waals surface area contributed by atoms with Crippen molar-refractivity contribution in [3.8, 4) is 0 Å². The zero-order valence-corrected chi connectivity index (χ0v) is 11.6. The number of ether oxygens (including phenoxy) is 1. The van der Waals surface area contributed by atoms with Crippen molar-refractivity contribution in [2.75, 3.05) is 37.7 Å². The molecule has 0 aromatic heterocycles. The summed E-state index contributed by atoms with van der Waals surface area (Å²) in [6.45, 7) is 2.43. The first-order valence-electron chi connectivity index (χ1n) is 7.08. The van der Waals surface area contributed by atoms with Gasteiger partial charge in [-0.15, -0.1) is 0 Å². The molecule has 2 fully saturated rings. The molecule has 0 aliphatic carbocycles. The van der Waals surface area contributed by atoms with Gasteiger partial charge in [-0.2, -0.15) is 0 Å². The summed E-state index contributed by atoms with van der Waals surface area (Å²) < 4.78 is 19.0. The Bertz CT molecular complexity index is 558. The summed E-state index contributed by atoms with van der Waals surface area (Å²) in [6.07, 6.45) is 0.143. The maximum Gasteiger partial charge on any atom is 0.228 e. The number of anilines is 1. The van der Waals surface area contributed by atoms with Crippen molar-refractivity contribution in [3.05, 3.63) is 30.1 Å². The smallest absolute Gasteiger partial charge is 0.228 e. The Morgan fingerprint density at radius 3 is 2.67 bits per heavy atom. The molecular formula is C15H17FN2O3. The standard InChI is InChI=1S/C15H17FN2O3/c16-12-3-1-2-4-13(12)18-10-11(9-14(18)19)15(20)17-5-7-21-8-6-17/h1-4,11H,5-10H2/t11-/m1/s1. The molecule has 1 aromatic carbocycles. The summed E-state index contributed by atoms with van der Waals surface area (Å²) in [4.78, 5) is 27.6. The van der Waals surface area contributed by atoms with Gasteiger partial charge in [0.15, 0.2) is 0 Å². The van der Waals surface area contributed by atoms with Gasteiger partial charge < -0.3 is 14.5 Å². The predicted molar refractivity (Wildman–Crippen MR) is 74.3 cm³/mol. The number of para-hydroxylation sites is 1. The molecule has 6 heteroatoms. The monoisotopic (exact) mass is 292 g/mol. The highest BCUT2D eigenvalue weighted by Crippen LogP contribution is 2.28. The number of rotatable bonds is 2. The zero-order chi connectivity index (χ0) is 14.8. The van der Waals surface area contributed by atoms with Crippen molar-refractivity contribution in [3.63, 3.8) is 0 Å². The number of carbonyl (C=O) groups excluding carboxylic acids is 2. The lowest BCUT2D eigenvalue weighted by Gasteiger charge is -2.29. The summed E-state index contributed by atoms with van der Waals surface area (Å²) in [5.41, 5.74) is 0.250. The normalized spacial score (nSPS) is 22.7. The quantitative estimate of drug-likeness (QED) is 0.818. The number of amides is 2. The van der Waals surface area contributed by atoms with E-state index in [0.29, 0.717) is 26.3 Å². The van der Waals surface area contributed by atoms with Crippen molar-refractivity contribution in [1.29, 1.82) is 0 Å². The van der Waals surface area contributed by atoms with Gasteiger partial charge in [0, 0.05) is 26.1 Å². The van der Waals surface area contributed by atoms with Crippen molar-refractivity contribution >= 4 is 17.5 Å². The van der Waals surface area contributed by atoms with Crippen LogP contribution in [0.25, 0.3) is 0 Å². The SMILES string of the molecule is O=C([C@@H]1CC(=O)N(c2ccccc2F)C1)N1CCOCC1. The fraction of sp³-hybridized carbons (Fsp3) is 0.467. The van der Waals surface area contributed by atoms with Crippen LogP contribution in [0.15, 0.2) is 24.3 Å². The van der Waals surface area contributed by atoms with Gasteiger partial charge in [-0.1, -0.05) is 12.1 Å². The number of morpholine rings is 1. The summed E-state index contributed by atoms with van der Waals surface area (Å²) in [6, 6.07) is 6.15. The van der Waals surface area contributed by atoms with Crippen LogP contribution in [-0.4, -0.2) is 49.6 Å². The highest BCUT2D eigenvalue weighted by Gasteiger charge is 2.38. The molecule has 0 radical (unpaired) electrons. The van der Waals surface area contributed by atoms with Gasteiger partial charge in [-0.25, -0.2) is 4.39 Å². The van der Waals surface area contributed by atoms with Crippen molar-refractivity contribution in [1.82, 2.24) is 4.90 Å².